The lowest BCUT2D eigenvalue weighted by Gasteiger charge is -2.41. The van der Waals surface area contributed by atoms with E-state index in [0.29, 0.717) is 19.5 Å². The maximum atomic E-state index is 13.0. The minimum Gasteiger partial charge on any atom is -0.495 e. The topological polar surface area (TPSA) is 98.9 Å². The minimum absolute atomic E-state index is 0.0314. The third-order valence-corrected chi connectivity index (χ3v) is 6.36. The van der Waals surface area contributed by atoms with Crippen molar-refractivity contribution in [1.82, 2.24) is 4.31 Å². The molecular formula is C16H24N2O5S. The Kier molecular flexibility index (Phi) is 5.22. The van der Waals surface area contributed by atoms with Gasteiger partial charge in [-0.05, 0) is 30.0 Å². The van der Waals surface area contributed by atoms with Gasteiger partial charge in [-0.15, -0.1) is 0 Å². The van der Waals surface area contributed by atoms with Gasteiger partial charge in [0.15, 0.2) is 0 Å². The molecule has 1 unspecified atom stereocenters. The Morgan fingerprint density at radius 2 is 2.00 bits per heavy atom. The van der Waals surface area contributed by atoms with Crippen molar-refractivity contribution >= 4 is 16.0 Å². The number of benzene rings is 1. The molecule has 1 saturated heterocycles. The van der Waals surface area contributed by atoms with Gasteiger partial charge in [-0.2, -0.15) is 4.31 Å². The summed E-state index contributed by atoms with van der Waals surface area (Å²) in [6.45, 7) is 4.60. The number of hydrogen-bond donors (Lipinski definition) is 1. The first-order valence-electron chi connectivity index (χ1n) is 7.65. The van der Waals surface area contributed by atoms with Gasteiger partial charge in [0.05, 0.1) is 19.8 Å². The number of nitrogens with zero attached hydrogens (tertiary/aromatic N) is 1. The van der Waals surface area contributed by atoms with Crippen molar-refractivity contribution in [2.24, 2.45) is 11.1 Å². The number of methoxy groups -OCH3 is 2. The van der Waals surface area contributed by atoms with E-state index in [1.807, 2.05) is 13.8 Å². The molecule has 1 heterocycles. The zero-order valence-corrected chi connectivity index (χ0v) is 15.2. The quantitative estimate of drug-likeness (QED) is 0.815. The van der Waals surface area contributed by atoms with Crippen LogP contribution >= 0.6 is 0 Å². The molecule has 1 aliphatic heterocycles. The molecule has 1 fully saturated rings. The predicted molar refractivity (Wildman–Crippen MR) is 89.5 cm³/mol. The number of sulfonamides is 1. The van der Waals surface area contributed by atoms with E-state index >= 15 is 0 Å². The van der Waals surface area contributed by atoms with Crippen LogP contribution in [0.4, 0.5) is 0 Å². The van der Waals surface area contributed by atoms with Gasteiger partial charge in [-0.3, -0.25) is 0 Å². The van der Waals surface area contributed by atoms with Crippen LogP contribution in [0.3, 0.4) is 0 Å². The number of esters is 1. The smallest absolute Gasteiger partial charge is 0.337 e. The molecule has 0 bridgehead atoms. The van der Waals surface area contributed by atoms with Crippen molar-refractivity contribution in [1.29, 1.82) is 0 Å². The number of carbonyl (C=O) groups excluding carboxylic acids is 1. The number of piperidine rings is 1. The first kappa shape index (κ1) is 18.7. The lowest BCUT2D eigenvalue weighted by Crippen LogP contribution is -2.53. The van der Waals surface area contributed by atoms with Gasteiger partial charge < -0.3 is 15.2 Å². The van der Waals surface area contributed by atoms with Crippen LogP contribution in [-0.4, -0.2) is 52.0 Å². The van der Waals surface area contributed by atoms with Gasteiger partial charge in [0, 0.05) is 19.1 Å². The molecule has 0 radical (unpaired) electrons. The summed E-state index contributed by atoms with van der Waals surface area (Å²) in [5, 5.41) is 0. The summed E-state index contributed by atoms with van der Waals surface area (Å²) >= 11 is 0. The highest BCUT2D eigenvalue weighted by Gasteiger charge is 2.39. The average Bonchev–Trinajstić information content (AvgIpc) is 2.55. The number of ether oxygens (including phenoxy) is 2. The Labute approximate surface area is 142 Å². The molecule has 1 aliphatic rings. The van der Waals surface area contributed by atoms with E-state index in [9.17, 15) is 13.2 Å². The minimum atomic E-state index is -3.75. The highest BCUT2D eigenvalue weighted by atomic mass is 32.2. The highest BCUT2D eigenvalue weighted by Crippen LogP contribution is 2.34. The zero-order valence-electron chi connectivity index (χ0n) is 14.4. The van der Waals surface area contributed by atoms with E-state index in [1.165, 1.54) is 36.7 Å². The maximum Gasteiger partial charge on any atom is 0.337 e. The lowest BCUT2D eigenvalue weighted by molar-refractivity contribution is 0.0600. The number of carbonyl (C=O) groups is 1. The normalized spacial score (nSPS) is 21.3. The molecule has 0 amide bonds. The Morgan fingerprint density at radius 3 is 2.54 bits per heavy atom. The fourth-order valence-electron chi connectivity index (χ4n) is 2.79. The Hall–Kier alpha value is -1.64. The molecule has 0 spiro atoms. The molecule has 2 rings (SSSR count). The maximum absolute atomic E-state index is 13.0. The van der Waals surface area contributed by atoms with Gasteiger partial charge in [-0.1, -0.05) is 13.8 Å². The van der Waals surface area contributed by atoms with E-state index in [0.717, 1.165) is 0 Å². The van der Waals surface area contributed by atoms with Crippen molar-refractivity contribution in [2.75, 3.05) is 27.3 Å². The van der Waals surface area contributed by atoms with Crippen LogP contribution in [0.15, 0.2) is 23.1 Å². The van der Waals surface area contributed by atoms with Crippen molar-refractivity contribution in [3.8, 4) is 5.75 Å². The molecule has 0 saturated carbocycles. The number of hydrogen-bond acceptors (Lipinski definition) is 6. The monoisotopic (exact) mass is 356 g/mol. The summed E-state index contributed by atoms with van der Waals surface area (Å²) in [4.78, 5) is 11.6. The average molecular weight is 356 g/mol. The predicted octanol–water partition coefficient (Wildman–Crippen LogP) is 1.23. The molecule has 1 aromatic carbocycles. The first-order valence-corrected chi connectivity index (χ1v) is 9.09. The van der Waals surface area contributed by atoms with Gasteiger partial charge in [0.25, 0.3) is 0 Å². The molecule has 24 heavy (non-hydrogen) atoms. The van der Waals surface area contributed by atoms with Crippen molar-refractivity contribution in [2.45, 2.75) is 31.2 Å². The Balaban J connectivity index is 2.41. The van der Waals surface area contributed by atoms with Crippen LogP contribution < -0.4 is 10.5 Å². The first-order chi connectivity index (χ1) is 11.1. The summed E-state index contributed by atoms with van der Waals surface area (Å²) in [7, 11) is -1.12. The number of nitrogens with two attached hydrogens (primary N) is 1. The third-order valence-electron chi connectivity index (χ3n) is 4.48. The molecular weight excluding hydrogens is 332 g/mol. The van der Waals surface area contributed by atoms with Crippen LogP contribution in [-0.2, 0) is 14.8 Å². The SMILES string of the molecule is COC(=O)c1ccc(S(=O)(=O)N2CCC(N)C(C)(C)C2)c(OC)c1. The fourth-order valence-corrected chi connectivity index (χ4v) is 4.56. The van der Waals surface area contributed by atoms with Crippen molar-refractivity contribution < 1.29 is 22.7 Å². The fraction of sp³-hybridized carbons (Fsp3) is 0.562. The second-order valence-corrected chi connectivity index (χ2v) is 8.49. The van der Waals surface area contributed by atoms with E-state index in [2.05, 4.69) is 4.74 Å². The Morgan fingerprint density at radius 1 is 1.33 bits per heavy atom. The summed E-state index contributed by atoms with van der Waals surface area (Å²) in [5.41, 5.74) is 6.00. The van der Waals surface area contributed by atoms with E-state index in [4.69, 9.17) is 10.5 Å². The van der Waals surface area contributed by atoms with E-state index < -0.39 is 16.0 Å². The molecule has 8 heteroatoms. The van der Waals surface area contributed by atoms with Crippen LogP contribution in [0, 0.1) is 5.41 Å². The summed E-state index contributed by atoms with van der Waals surface area (Å²) in [6, 6.07) is 4.12. The van der Waals surface area contributed by atoms with Crippen LogP contribution in [0.25, 0.3) is 0 Å². The third kappa shape index (κ3) is 3.40. The second kappa shape index (κ2) is 6.70. The summed E-state index contributed by atoms with van der Waals surface area (Å²) < 4.78 is 37.3. The van der Waals surface area contributed by atoms with Crippen LogP contribution in [0.5, 0.6) is 5.75 Å². The number of rotatable bonds is 4. The molecule has 0 aliphatic carbocycles. The van der Waals surface area contributed by atoms with E-state index in [1.54, 1.807) is 0 Å². The molecule has 134 valence electrons. The standard InChI is InChI=1S/C16H24N2O5S/c1-16(2)10-18(8-7-14(16)17)24(20,21)13-6-5-11(15(19)23-4)9-12(13)22-3/h5-6,9,14H,7-8,10,17H2,1-4H3. The zero-order chi connectivity index (χ0) is 18.1. The van der Waals surface area contributed by atoms with Crippen LogP contribution in [0.1, 0.15) is 30.6 Å². The van der Waals surface area contributed by atoms with Crippen LogP contribution in [0.2, 0.25) is 0 Å². The van der Waals surface area contributed by atoms with Gasteiger partial charge in [0.2, 0.25) is 10.0 Å². The second-order valence-electron chi connectivity index (χ2n) is 6.58. The molecule has 1 atom stereocenters. The Bertz CT molecular complexity index is 730. The largest absolute Gasteiger partial charge is 0.495 e. The summed E-state index contributed by atoms with van der Waals surface area (Å²) in [5.74, 6) is -0.437. The lowest BCUT2D eigenvalue weighted by atomic mass is 9.81. The van der Waals surface area contributed by atoms with Crippen molar-refractivity contribution in [3.63, 3.8) is 0 Å². The molecule has 0 aromatic heterocycles. The van der Waals surface area contributed by atoms with Gasteiger partial charge in [0.1, 0.15) is 10.6 Å². The molecule has 1 aromatic rings. The molecule has 7 nitrogen and oxygen atoms in total. The highest BCUT2D eigenvalue weighted by molar-refractivity contribution is 7.89. The summed E-state index contributed by atoms with van der Waals surface area (Å²) in [6.07, 6.45) is 0.592. The van der Waals surface area contributed by atoms with Gasteiger partial charge in [-0.25, -0.2) is 13.2 Å². The van der Waals surface area contributed by atoms with E-state index in [-0.39, 0.29) is 27.7 Å². The van der Waals surface area contributed by atoms with Crippen molar-refractivity contribution in [3.05, 3.63) is 23.8 Å². The molecule has 2 N–H and O–H groups in total. The van der Waals surface area contributed by atoms with Gasteiger partial charge >= 0.3 is 5.97 Å².